The number of ether oxygens (including phenoxy) is 1. The molecule has 3 rings (SSSR count). The van der Waals surface area contributed by atoms with Crippen LogP contribution in [0.3, 0.4) is 0 Å². The highest BCUT2D eigenvalue weighted by Gasteiger charge is 2.29. The normalized spacial score (nSPS) is 12.1. The molecule has 1 atom stereocenters. The largest absolute Gasteiger partial charge is 0.444 e. The van der Waals surface area contributed by atoms with Crippen LogP contribution in [0.25, 0.3) is 11.1 Å². The van der Waals surface area contributed by atoms with Crippen molar-refractivity contribution in [2.75, 3.05) is 19.0 Å². The van der Waals surface area contributed by atoms with Crippen LogP contribution in [-0.2, 0) is 4.74 Å². The first-order chi connectivity index (χ1) is 16.0. The lowest BCUT2D eigenvalue weighted by atomic mass is 9.93. The Labute approximate surface area is 210 Å². The number of halogens is 2. The van der Waals surface area contributed by atoms with E-state index in [9.17, 15) is 9.59 Å². The maximum absolute atomic E-state index is 13.8. The van der Waals surface area contributed by atoms with Crippen LogP contribution in [0, 0.1) is 0 Å². The van der Waals surface area contributed by atoms with E-state index in [1.165, 1.54) is 0 Å². The Kier molecular flexibility index (Phi) is 7.90. The fraction of sp³-hybridized carbons (Fsp3) is 0.259. The highest BCUT2D eigenvalue weighted by Crippen LogP contribution is 2.32. The summed E-state index contributed by atoms with van der Waals surface area (Å²) in [6.07, 6.45) is -0.704. The van der Waals surface area contributed by atoms with Crippen molar-refractivity contribution < 1.29 is 14.3 Å². The minimum absolute atomic E-state index is 0.287. The van der Waals surface area contributed by atoms with Crippen LogP contribution >= 0.6 is 23.2 Å². The monoisotopic (exact) mass is 498 g/mol. The molecule has 1 amide bonds. The fourth-order valence-corrected chi connectivity index (χ4v) is 3.80. The molecule has 0 fully saturated rings. The molecule has 0 heterocycles. The van der Waals surface area contributed by atoms with E-state index in [-0.39, 0.29) is 10.8 Å². The number of hydrogen-bond acceptors (Lipinski definition) is 4. The van der Waals surface area contributed by atoms with E-state index in [0.717, 1.165) is 16.8 Å². The number of nitrogens with one attached hydrogen (secondary N) is 1. The second-order valence-corrected chi connectivity index (χ2v) is 9.92. The molecule has 0 radical (unpaired) electrons. The number of rotatable bonds is 6. The third-order valence-electron chi connectivity index (χ3n) is 5.05. The van der Waals surface area contributed by atoms with Crippen molar-refractivity contribution in [2.45, 2.75) is 32.4 Å². The van der Waals surface area contributed by atoms with Crippen molar-refractivity contribution in [3.05, 3.63) is 87.9 Å². The molecule has 178 valence electrons. The minimum atomic E-state index is -1.02. The van der Waals surface area contributed by atoms with Crippen molar-refractivity contribution in [1.82, 2.24) is 5.32 Å². The van der Waals surface area contributed by atoms with Crippen LogP contribution in [0.4, 0.5) is 10.5 Å². The second kappa shape index (κ2) is 10.5. The van der Waals surface area contributed by atoms with Gasteiger partial charge in [0.25, 0.3) is 0 Å². The number of hydrogen-bond donors (Lipinski definition) is 1. The molecular formula is C27H28Cl2N2O3. The maximum Gasteiger partial charge on any atom is 0.408 e. The first kappa shape index (κ1) is 25.6. The molecule has 1 unspecified atom stereocenters. The van der Waals surface area contributed by atoms with Crippen molar-refractivity contribution >= 4 is 40.8 Å². The lowest BCUT2D eigenvalue weighted by Gasteiger charge is -2.25. The van der Waals surface area contributed by atoms with Gasteiger partial charge in [0, 0.05) is 25.3 Å². The average molecular weight is 499 g/mol. The third-order valence-corrected chi connectivity index (χ3v) is 5.79. The lowest BCUT2D eigenvalue weighted by molar-refractivity contribution is 0.0491. The van der Waals surface area contributed by atoms with E-state index < -0.39 is 17.7 Å². The maximum atomic E-state index is 13.8. The van der Waals surface area contributed by atoms with E-state index >= 15 is 0 Å². The summed E-state index contributed by atoms with van der Waals surface area (Å²) in [4.78, 5) is 28.3. The Morgan fingerprint density at radius 3 is 2.15 bits per heavy atom. The Balaban J connectivity index is 2.05. The number of carbonyl (C=O) groups excluding carboxylic acids is 2. The zero-order valence-corrected chi connectivity index (χ0v) is 21.4. The first-order valence-corrected chi connectivity index (χ1v) is 11.6. The number of alkyl carbamates (subject to hydrolysis) is 1. The molecule has 0 bridgehead atoms. The highest BCUT2D eigenvalue weighted by atomic mass is 35.5. The van der Waals surface area contributed by atoms with E-state index in [0.29, 0.717) is 16.1 Å². The number of amides is 1. The quantitative estimate of drug-likeness (QED) is 0.365. The van der Waals surface area contributed by atoms with Crippen LogP contribution in [0.15, 0.2) is 66.7 Å². The molecule has 5 nitrogen and oxygen atoms in total. The van der Waals surface area contributed by atoms with Gasteiger partial charge in [0.05, 0.1) is 10.0 Å². The summed E-state index contributed by atoms with van der Waals surface area (Å²) in [7, 11) is 3.74. The number of Topliss-reactive ketones (excluding diaryl/α,β-unsaturated/α-hetero) is 1. The van der Waals surface area contributed by atoms with Gasteiger partial charge < -0.3 is 15.0 Å². The van der Waals surface area contributed by atoms with Gasteiger partial charge in [-0.3, -0.25) is 4.79 Å². The molecule has 7 heteroatoms. The summed E-state index contributed by atoms with van der Waals surface area (Å²) in [5.74, 6) is -0.299. The molecule has 1 N–H and O–H groups in total. The van der Waals surface area contributed by atoms with Gasteiger partial charge in [-0.1, -0.05) is 65.7 Å². The molecular weight excluding hydrogens is 471 g/mol. The molecule has 0 aromatic heterocycles. The Bertz CT molecular complexity index is 1190. The van der Waals surface area contributed by atoms with Gasteiger partial charge in [-0.05, 0) is 61.7 Å². The first-order valence-electron chi connectivity index (χ1n) is 10.8. The van der Waals surface area contributed by atoms with Gasteiger partial charge in [-0.2, -0.15) is 0 Å². The van der Waals surface area contributed by atoms with E-state index in [1.54, 1.807) is 45.0 Å². The van der Waals surface area contributed by atoms with Crippen LogP contribution in [0.1, 0.15) is 42.7 Å². The van der Waals surface area contributed by atoms with Gasteiger partial charge in [-0.15, -0.1) is 0 Å². The van der Waals surface area contributed by atoms with Crippen molar-refractivity contribution in [3.8, 4) is 11.1 Å². The molecule has 0 aliphatic carbocycles. The molecule has 34 heavy (non-hydrogen) atoms. The van der Waals surface area contributed by atoms with Crippen molar-refractivity contribution in [2.24, 2.45) is 0 Å². The zero-order chi connectivity index (χ0) is 25.0. The Morgan fingerprint density at radius 2 is 1.56 bits per heavy atom. The zero-order valence-electron chi connectivity index (χ0n) is 19.9. The standard InChI is InChI=1S/C27H28Cl2N2O3/c1-27(2,3)34-26(33)30-24(19-12-14-21(28)22(29)15-19)25(32)20-13-11-18(16-23(20)31(4)5)17-9-7-6-8-10-17/h6-16,24H,1-5H3,(H,30,33). The van der Waals surface area contributed by atoms with E-state index in [1.807, 2.05) is 61.5 Å². The summed E-state index contributed by atoms with van der Waals surface area (Å²) in [5, 5.41) is 3.36. The Morgan fingerprint density at radius 1 is 0.882 bits per heavy atom. The van der Waals surface area contributed by atoms with Crippen LogP contribution < -0.4 is 10.2 Å². The summed E-state index contributed by atoms with van der Waals surface area (Å²) in [6, 6.07) is 19.4. The molecule has 0 spiro atoms. The summed E-state index contributed by atoms with van der Waals surface area (Å²) in [6.45, 7) is 5.28. The molecule has 0 aliphatic heterocycles. The van der Waals surface area contributed by atoms with E-state index in [2.05, 4.69) is 5.32 Å². The molecule has 0 saturated heterocycles. The van der Waals surface area contributed by atoms with Crippen LogP contribution in [-0.4, -0.2) is 31.6 Å². The number of carbonyl (C=O) groups is 2. The topological polar surface area (TPSA) is 58.6 Å². The van der Waals surface area contributed by atoms with Gasteiger partial charge in [0.2, 0.25) is 0 Å². The predicted molar refractivity (Wildman–Crippen MR) is 139 cm³/mol. The molecule has 3 aromatic rings. The number of benzene rings is 3. The van der Waals surface area contributed by atoms with Crippen molar-refractivity contribution in [3.63, 3.8) is 0 Å². The summed E-state index contributed by atoms with van der Waals surface area (Å²) < 4.78 is 5.41. The van der Waals surface area contributed by atoms with Gasteiger partial charge in [0.1, 0.15) is 11.6 Å². The number of anilines is 1. The number of nitrogens with zero attached hydrogens (tertiary/aromatic N) is 1. The Hall–Kier alpha value is -3.02. The van der Waals surface area contributed by atoms with Crippen LogP contribution in [0.5, 0.6) is 0 Å². The SMILES string of the molecule is CN(C)c1cc(-c2ccccc2)ccc1C(=O)C(NC(=O)OC(C)(C)C)c1ccc(Cl)c(Cl)c1. The van der Waals surface area contributed by atoms with Gasteiger partial charge >= 0.3 is 6.09 Å². The third kappa shape index (κ3) is 6.31. The van der Waals surface area contributed by atoms with Gasteiger partial charge in [-0.25, -0.2) is 4.79 Å². The highest BCUT2D eigenvalue weighted by molar-refractivity contribution is 6.42. The minimum Gasteiger partial charge on any atom is -0.444 e. The smallest absolute Gasteiger partial charge is 0.408 e. The molecule has 3 aromatic carbocycles. The summed E-state index contributed by atoms with van der Waals surface area (Å²) >= 11 is 12.3. The van der Waals surface area contributed by atoms with Crippen molar-refractivity contribution in [1.29, 1.82) is 0 Å². The predicted octanol–water partition coefficient (Wildman–Crippen LogP) is 7.18. The average Bonchev–Trinajstić information content (AvgIpc) is 2.78. The lowest BCUT2D eigenvalue weighted by Crippen LogP contribution is -2.38. The van der Waals surface area contributed by atoms with E-state index in [4.69, 9.17) is 27.9 Å². The molecule has 0 aliphatic rings. The fourth-order valence-electron chi connectivity index (χ4n) is 3.49. The van der Waals surface area contributed by atoms with Gasteiger partial charge in [0.15, 0.2) is 5.78 Å². The van der Waals surface area contributed by atoms with Crippen LogP contribution in [0.2, 0.25) is 10.0 Å². The molecule has 0 saturated carbocycles. The summed E-state index contributed by atoms with van der Waals surface area (Å²) in [5.41, 5.74) is 2.98. The number of ketones is 1. The second-order valence-electron chi connectivity index (χ2n) is 9.11.